The van der Waals surface area contributed by atoms with Gasteiger partial charge in [0.25, 0.3) is 0 Å². The quantitative estimate of drug-likeness (QED) is 0.249. The van der Waals surface area contributed by atoms with Crippen LogP contribution >= 0.6 is 35.6 Å². The number of halogens is 1. The number of rotatable bonds is 7. The van der Waals surface area contributed by atoms with Crippen molar-refractivity contribution in [1.82, 2.24) is 10.3 Å². The zero-order chi connectivity index (χ0) is 26.2. The second-order valence-corrected chi connectivity index (χ2v) is 12.2. The minimum Gasteiger partial charge on any atom is -0.452 e. The second-order valence-electron chi connectivity index (χ2n) is 8.58. The van der Waals surface area contributed by atoms with Crippen molar-refractivity contribution in [1.29, 1.82) is 0 Å². The fourth-order valence-corrected chi connectivity index (χ4v) is 6.08. The largest absolute Gasteiger partial charge is 0.452 e. The number of nitrogens with one attached hydrogen (secondary N) is 2. The lowest BCUT2D eigenvalue weighted by Crippen LogP contribution is -2.29. The third kappa shape index (κ3) is 5.77. The summed E-state index contributed by atoms with van der Waals surface area (Å²) >= 11 is 13.3. The lowest BCUT2D eigenvalue weighted by Gasteiger charge is -2.26. The molecule has 4 aromatic rings. The highest BCUT2D eigenvalue weighted by atomic mass is 35.5. The number of thiocarbonyl (C=S) groups is 1. The number of aryl methyl sites for hydroxylation is 1. The van der Waals surface area contributed by atoms with Gasteiger partial charge >= 0.3 is 0 Å². The molecule has 11 heteroatoms. The van der Waals surface area contributed by atoms with Crippen LogP contribution in [0, 0.1) is 6.92 Å². The maximum absolute atomic E-state index is 11.8. The fraction of sp³-hybridized carbons (Fsp3) is 0.154. The first kappa shape index (κ1) is 25.6. The maximum atomic E-state index is 11.8. The summed E-state index contributed by atoms with van der Waals surface area (Å²) in [7, 11) is -3.40. The predicted octanol–water partition coefficient (Wildman–Crippen LogP) is 6.34. The Labute approximate surface area is 230 Å². The molecule has 0 unspecified atom stereocenters. The van der Waals surface area contributed by atoms with Gasteiger partial charge in [0.15, 0.2) is 10.2 Å². The number of pyridine rings is 1. The standard InChI is InChI=1S/C26H23ClN4O3S3/c1-16-15-18(8-11-20(16)30-37(2,32)33)31-25(24(29-26(31)35)21-5-3-4-14-28-21)22-12-13-23(34-22)36-19-9-6-17(27)7-10-19/h3-15,24-25,30H,1-2H3,(H,29,35)/t24-,25-/m1/s1. The minimum atomic E-state index is -3.40. The van der Waals surface area contributed by atoms with Gasteiger partial charge in [-0.3, -0.25) is 9.71 Å². The van der Waals surface area contributed by atoms with Crippen LogP contribution in [0.25, 0.3) is 0 Å². The van der Waals surface area contributed by atoms with Crippen LogP contribution in [0.4, 0.5) is 11.4 Å². The third-order valence-corrected chi connectivity index (χ3v) is 7.89. The number of anilines is 2. The number of aromatic nitrogens is 1. The molecule has 1 fully saturated rings. The molecular weight excluding hydrogens is 548 g/mol. The van der Waals surface area contributed by atoms with Gasteiger partial charge in [0.1, 0.15) is 11.8 Å². The fourth-order valence-electron chi connectivity index (χ4n) is 4.20. The highest BCUT2D eigenvalue weighted by molar-refractivity contribution is 7.99. The van der Waals surface area contributed by atoms with Gasteiger partial charge in [-0.1, -0.05) is 29.4 Å². The maximum Gasteiger partial charge on any atom is 0.229 e. The molecule has 2 aromatic heterocycles. The second kappa shape index (κ2) is 10.4. The Morgan fingerprint density at radius 1 is 1.11 bits per heavy atom. The van der Waals surface area contributed by atoms with Crippen LogP contribution in [0.3, 0.4) is 0 Å². The lowest BCUT2D eigenvalue weighted by atomic mass is 10.0. The van der Waals surface area contributed by atoms with Crippen LogP contribution in [-0.2, 0) is 10.0 Å². The SMILES string of the molecule is Cc1cc(N2C(=S)N[C@H](c3ccccn3)[C@H]2c2ccc(Sc3ccc(Cl)cc3)o2)ccc1NS(C)(=O)=O. The molecule has 37 heavy (non-hydrogen) atoms. The van der Waals surface area contributed by atoms with E-state index in [0.29, 0.717) is 15.8 Å². The van der Waals surface area contributed by atoms with Crippen LogP contribution in [-0.4, -0.2) is 24.8 Å². The van der Waals surface area contributed by atoms with Crippen LogP contribution in [0.15, 0.2) is 93.4 Å². The summed E-state index contributed by atoms with van der Waals surface area (Å²) in [6.45, 7) is 1.85. The molecule has 0 radical (unpaired) electrons. The van der Waals surface area contributed by atoms with Crippen molar-refractivity contribution in [3.8, 4) is 0 Å². The number of sulfonamides is 1. The molecule has 2 N–H and O–H groups in total. The Hall–Kier alpha value is -3.05. The zero-order valence-corrected chi connectivity index (χ0v) is 23.1. The van der Waals surface area contributed by atoms with E-state index in [9.17, 15) is 8.42 Å². The molecule has 190 valence electrons. The van der Waals surface area contributed by atoms with Crippen molar-refractivity contribution in [3.63, 3.8) is 0 Å². The molecule has 2 aromatic carbocycles. The summed E-state index contributed by atoms with van der Waals surface area (Å²) in [6.07, 6.45) is 2.88. The van der Waals surface area contributed by atoms with Crippen molar-refractivity contribution in [2.45, 2.75) is 29.0 Å². The van der Waals surface area contributed by atoms with E-state index in [-0.39, 0.29) is 12.1 Å². The Balaban J connectivity index is 1.52. The number of benzene rings is 2. The summed E-state index contributed by atoms with van der Waals surface area (Å²) in [5.74, 6) is 0.718. The Bertz CT molecular complexity index is 1540. The molecule has 7 nitrogen and oxygen atoms in total. The van der Waals surface area contributed by atoms with Gasteiger partial charge in [-0.2, -0.15) is 0 Å². The van der Waals surface area contributed by atoms with Gasteiger partial charge in [-0.15, -0.1) is 0 Å². The number of furan rings is 1. The van der Waals surface area contributed by atoms with Gasteiger partial charge in [-0.25, -0.2) is 8.42 Å². The molecule has 0 bridgehead atoms. The highest BCUT2D eigenvalue weighted by Gasteiger charge is 2.42. The summed E-state index contributed by atoms with van der Waals surface area (Å²) < 4.78 is 32.4. The van der Waals surface area contributed by atoms with Gasteiger partial charge in [0.05, 0.1) is 23.7 Å². The van der Waals surface area contributed by atoms with Crippen molar-refractivity contribution >= 4 is 62.1 Å². The topological polar surface area (TPSA) is 87.5 Å². The lowest BCUT2D eigenvalue weighted by molar-refractivity contribution is 0.383. The van der Waals surface area contributed by atoms with Gasteiger partial charge in [0, 0.05) is 21.8 Å². The minimum absolute atomic E-state index is 0.262. The van der Waals surface area contributed by atoms with Crippen molar-refractivity contribution in [2.75, 3.05) is 15.9 Å². The van der Waals surface area contributed by atoms with E-state index in [1.54, 1.807) is 12.3 Å². The summed E-state index contributed by atoms with van der Waals surface area (Å²) in [4.78, 5) is 7.56. The number of nitrogens with zero attached hydrogens (tertiary/aromatic N) is 2. The average molecular weight is 571 g/mol. The van der Waals surface area contributed by atoms with E-state index in [0.717, 1.165) is 38.9 Å². The van der Waals surface area contributed by atoms with Crippen LogP contribution < -0.4 is 14.9 Å². The molecule has 1 aliphatic rings. The molecule has 3 heterocycles. The average Bonchev–Trinajstić information content (AvgIpc) is 3.45. The van der Waals surface area contributed by atoms with E-state index in [2.05, 4.69) is 15.0 Å². The Kier molecular flexibility index (Phi) is 7.17. The predicted molar refractivity (Wildman–Crippen MR) is 152 cm³/mol. The van der Waals surface area contributed by atoms with E-state index in [4.69, 9.17) is 28.2 Å². The molecule has 1 aliphatic heterocycles. The van der Waals surface area contributed by atoms with Gasteiger partial charge in [0.2, 0.25) is 10.0 Å². The van der Waals surface area contributed by atoms with E-state index in [1.165, 1.54) is 11.8 Å². The van der Waals surface area contributed by atoms with Gasteiger partial charge in [-0.05, 0) is 91.4 Å². The smallest absolute Gasteiger partial charge is 0.229 e. The molecule has 2 atom stereocenters. The first-order chi connectivity index (χ1) is 17.7. The Morgan fingerprint density at radius 3 is 2.57 bits per heavy atom. The number of hydrogen-bond acceptors (Lipinski definition) is 6. The molecule has 5 rings (SSSR count). The van der Waals surface area contributed by atoms with E-state index in [1.807, 2.05) is 78.6 Å². The summed E-state index contributed by atoms with van der Waals surface area (Å²) in [6, 6.07) is 22.1. The van der Waals surface area contributed by atoms with Gasteiger partial charge < -0.3 is 14.6 Å². The Morgan fingerprint density at radius 2 is 1.89 bits per heavy atom. The molecule has 0 spiro atoms. The van der Waals surface area contributed by atoms with Crippen LogP contribution in [0.1, 0.15) is 29.1 Å². The number of hydrogen-bond donors (Lipinski definition) is 2. The summed E-state index contributed by atoms with van der Waals surface area (Å²) in [5, 5.41) is 5.34. The monoisotopic (exact) mass is 570 g/mol. The molecular formula is C26H23ClN4O3S3. The normalized spacial score (nSPS) is 17.6. The molecule has 0 amide bonds. The van der Waals surface area contributed by atoms with Crippen LogP contribution in [0.5, 0.6) is 0 Å². The third-order valence-electron chi connectivity index (χ3n) is 5.81. The summed E-state index contributed by atoms with van der Waals surface area (Å²) in [5.41, 5.74) is 2.92. The molecule has 1 saturated heterocycles. The van der Waals surface area contributed by atoms with E-state index < -0.39 is 10.0 Å². The van der Waals surface area contributed by atoms with Crippen molar-refractivity contribution in [2.24, 2.45) is 0 Å². The molecule has 0 aliphatic carbocycles. The van der Waals surface area contributed by atoms with E-state index >= 15 is 0 Å². The van der Waals surface area contributed by atoms with Crippen molar-refractivity contribution < 1.29 is 12.8 Å². The molecule has 0 saturated carbocycles. The van der Waals surface area contributed by atoms with Crippen LogP contribution in [0.2, 0.25) is 5.02 Å². The first-order valence-corrected chi connectivity index (χ1v) is 14.8. The zero-order valence-electron chi connectivity index (χ0n) is 19.9. The first-order valence-electron chi connectivity index (χ1n) is 11.3. The highest BCUT2D eigenvalue weighted by Crippen LogP contribution is 2.44. The van der Waals surface area contributed by atoms with Crippen molar-refractivity contribution in [3.05, 3.63) is 101 Å².